The van der Waals surface area contributed by atoms with Crippen LogP contribution in [0, 0.1) is 17.3 Å². The fraction of sp³-hybridized carbons (Fsp3) is 0.686. The van der Waals surface area contributed by atoms with Crippen LogP contribution in [-0.4, -0.2) is 51.1 Å². The third kappa shape index (κ3) is 8.15. The highest BCUT2D eigenvalue weighted by molar-refractivity contribution is 5.74. The van der Waals surface area contributed by atoms with Crippen molar-refractivity contribution in [2.24, 2.45) is 17.3 Å². The standard InChI is InChI=1S/C35H56O5/c1-7-8-9-18-32(38)29(16-11-15-26(4)14-10-13-25(2)3)30-20-22-35(33(30)39)31(17-12-23-36)28(27(5)24-37)19-21-34(35,6)40/h11,13,15-16,24,30-33,36,38-40H,4,7-10,12,14,17-23H2,1-3,5-6H3. The molecule has 2 saturated carbocycles. The largest absolute Gasteiger partial charge is 0.396 e. The number of aldehydes is 1. The van der Waals surface area contributed by atoms with E-state index in [9.17, 15) is 25.2 Å². The molecule has 0 bridgehead atoms. The molecule has 0 aromatic heterocycles. The van der Waals surface area contributed by atoms with Gasteiger partial charge in [-0.15, -0.1) is 0 Å². The topological polar surface area (TPSA) is 98.0 Å². The molecule has 5 nitrogen and oxygen atoms in total. The van der Waals surface area contributed by atoms with Crippen molar-refractivity contribution < 1.29 is 25.2 Å². The van der Waals surface area contributed by atoms with Gasteiger partial charge in [-0.05, 0) is 103 Å². The normalized spacial score (nSPS) is 31.0. The molecule has 2 fully saturated rings. The summed E-state index contributed by atoms with van der Waals surface area (Å²) in [6.45, 7) is 14.2. The van der Waals surface area contributed by atoms with Gasteiger partial charge in [0.2, 0.25) is 0 Å². The minimum Gasteiger partial charge on any atom is -0.396 e. The minimum absolute atomic E-state index is 0.0191. The van der Waals surface area contributed by atoms with Crippen LogP contribution in [0.15, 0.2) is 58.7 Å². The average Bonchev–Trinajstić information content (AvgIpc) is 3.24. The maximum Gasteiger partial charge on any atom is 0.145 e. The third-order valence-corrected chi connectivity index (χ3v) is 9.57. The van der Waals surface area contributed by atoms with E-state index in [2.05, 4.69) is 33.4 Å². The summed E-state index contributed by atoms with van der Waals surface area (Å²) in [7, 11) is 0. The number of aliphatic hydroxyl groups is 4. The fourth-order valence-corrected chi connectivity index (χ4v) is 7.28. The van der Waals surface area contributed by atoms with E-state index in [0.717, 1.165) is 55.1 Å². The predicted molar refractivity (Wildman–Crippen MR) is 165 cm³/mol. The summed E-state index contributed by atoms with van der Waals surface area (Å²) in [6.07, 6.45) is 16.3. The lowest BCUT2D eigenvalue weighted by Gasteiger charge is -2.55. The van der Waals surface area contributed by atoms with Crippen molar-refractivity contribution in [3.63, 3.8) is 0 Å². The molecular formula is C35H56O5. The van der Waals surface area contributed by atoms with Crippen LogP contribution in [0.25, 0.3) is 0 Å². The Morgan fingerprint density at radius 3 is 2.52 bits per heavy atom. The lowest BCUT2D eigenvalue weighted by Crippen LogP contribution is -2.59. The Kier molecular flexibility index (Phi) is 13.8. The molecular weight excluding hydrogens is 500 g/mol. The van der Waals surface area contributed by atoms with Crippen molar-refractivity contribution in [2.45, 2.75) is 129 Å². The van der Waals surface area contributed by atoms with Gasteiger partial charge in [0, 0.05) is 17.9 Å². The molecule has 0 aromatic carbocycles. The molecule has 1 spiro atoms. The number of unbranched alkanes of at least 4 members (excludes halogenated alkanes) is 2. The molecule has 40 heavy (non-hydrogen) atoms. The van der Waals surface area contributed by atoms with E-state index in [-0.39, 0.29) is 18.4 Å². The molecule has 0 aliphatic heterocycles. The molecule has 2 aliphatic rings. The zero-order chi connectivity index (χ0) is 29.9. The van der Waals surface area contributed by atoms with Gasteiger partial charge in [0.05, 0.1) is 17.8 Å². The Labute approximate surface area is 243 Å². The molecule has 226 valence electrons. The van der Waals surface area contributed by atoms with Crippen LogP contribution in [0.3, 0.4) is 0 Å². The van der Waals surface area contributed by atoms with Crippen molar-refractivity contribution in [1.82, 2.24) is 0 Å². The summed E-state index contributed by atoms with van der Waals surface area (Å²) in [5.74, 6) is -0.517. The van der Waals surface area contributed by atoms with E-state index in [1.165, 1.54) is 5.57 Å². The molecule has 0 amide bonds. The van der Waals surface area contributed by atoms with Gasteiger partial charge in [0.15, 0.2) is 0 Å². The van der Waals surface area contributed by atoms with E-state index in [1.54, 1.807) is 0 Å². The van der Waals surface area contributed by atoms with E-state index < -0.39 is 23.2 Å². The first-order valence-electron chi connectivity index (χ1n) is 15.5. The zero-order valence-corrected chi connectivity index (χ0v) is 25.8. The first-order valence-corrected chi connectivity index (χ1v) is 15.5. The van der Waals surface area contributed by atoms with Crippen LogP contribution in [0.4, 0.5) is 0 Å². The summed E-state index contributed by atoms with van der Waals surface area (Å²) in [5, 5.41) is 45.1. The van der Waals surface area contributed by atoms with Crippen LogP contribution in [0.2, 0.25) is 0 Å². The van der Waals surface area contributed by atoms with E-state index in [4.69, 9.17) is 0 Å². The van der Waals surface area contributed by atoms with Crippen LogP contribution in [0.5, 0.6) is 0 Å². The number of carbonyl (C=O) groups excluding carboxylic acids is 1. The van der Waals surface area contributed by atoms with Crippen molar-refractivity contribution in [3.8, 4) is 0 Å². The van der Waals surface area contributed by atoms with Crippen LogP contribution < -0.4 is 0 Å². The van der Waals surface area contributed by atoms with Crippen LogP contribution in [-0.2, 0) is 4.79 Å². The molecule has 2 aliphatic carbocycles. The average molecular weight is 557 g/mol. The molecule has 0 saturated heterocycles. The molecule has 6 atom stereocenters. The third-order valence-electron chi connectivity index (χ3n) is 9.57. The van der Waals surface area contributed by atoms with Gasteiger partial charge in [-0.1, -0.05) is 73.8 Å². The predicted octanol–water partition coefficient (Wildman–Crippen LogP) is 6.92. The Morgan fingerprint density at radius 1 is 1.18 bits per heavy atom. The summed E-state index contributed by atoms with van der Waals surface area (Å²) in [5.41, 5.74) is 2.78. The van der Waals surface area contributed by atoms with E-state index in [0.29, 0.717) is 50.5 Å². The lowest BCUT2D eigenvalue weighted by molar-refractivity contribution is -0.168. The Bertz CT molecular complexity index is 964. The van der Waals surface area contributed by atoms with Crippen molar-refractivity contribution in [1.29, 1.82) is 0 Å². The zero-order valence-electron chi connectivity index (χ0n) is 25.8. The smallest absolute Gasteiger partial charge is 0.145 e. The van der Waals surface area contributed by atoms with Crippen molar-refractivity contribution in [3.05, 3.63) is 58.7 Å². The fourth-order valence-electron chi connectivity index (χ4n) is 7.28. The second kappa shape index (κ2) is 16.0. The number of aliphatic hydroxyl groups excluding tert-OH is 3. The second-order valence-electron chi connectivity index (χ2n) is 12.7. The highest BCUT2D eigenvalue weighted by Crippen LogP contribution is 2.63. The Hall–Kier alpha value is -1.79. The van der Waals surface area contributed by atoms with Crippen molar-refractivity contribution >= 4 is 6.29 Å². The van der Waals surface area contributed by atoms with Crippen LogP contribution >= 0.6 is 0 Å². The van der Waals surface area contributed by atoms with E-state index >= 15 is 0 Å². The second-order valence-corrected chi connectivity index (χ2v) is 12.7. The quantitative estimate of drug-likeness (QED) is 0.0577. The molecule has 4 N–H and O–H groups in total. The minimum atomic E-state index is -1.14. The number of rotatable bonds is 15. The molecule has 5 heteroatoms. The van der Waals surface area contributed by atoms with Crippen LogP contribution in [0.1, 0.15) is 112 Å². The number of hydrogen-bond acceptors (Lipinski definition) is 5. The van der Waals surface area contributed by atoms with E-state index in [1.807, 2.05) is 32.1 Å². The SMILES string of the molecule is C=C(C=CC=C(C(O)CCCCC)C1CCC2(C(CCCO)C(=C(C)C=O)CCC2(C)O)C1O)CCC=C(C)C. The van der Waals surface area contributed by atoms with Gasteiger partial charge < -0.3 is 20.4 Å². The van der Waals surface area contributed by atoms with Gasteiger partial charge in [-0.3, -0.25) is 4.79 Å². The lowest BCUT2D eigenvalue weighted by atomic mass is 9.52. The van der Waals surface area contributed by atoms with Gasteiger partial charge in [-0.25, -0.2) is 0 Å². The molecule has 0 heterocycles. The summed E-state index contributed by atoms with van der Waals surface area (Å²) in [6, 6.07) is 0. The summed E-state index contributed by atoms with van der Waals surface area (Å²) < 4.78 is 0. The first-order chi connectivity index (χ1) is 19.0. The highest BCUT2D eigenvalue weighted by Gasteiger charge is 2.64. The first kappa shape index (κ1) is 34.4. The Morgan fingerprint density at radius 2 is 1.90 bits per heavy atom. The Balaban J connectivity index is 2.48. The molecule has 0 radical (unpaired) electrons. The summed E-state index contributed by atoms with van der Waals surface area (Å²) in [4.78, 5) is 11.8. The van der Waals surface area contributed by atoms with Gasteiger partial charge in [0.1, 0.15) is 6.29 Å². The molecule has 2 rings (SSSR count). The monoisotopic (exact) mass is 556 g/mol. The number of allylic oxidation sites excluding steroid dienone is 8. The maximum absolute atomic E-state index is 12.2. The van der Waals surface area contributed by atoms with Gasteiger partial charge in [-0.2, -0.15) is 0 Å². The number of hydrogen-bond donors (Lipinski definition) is 4. The maximum atomic E-state index is 12.2. The van der Waals surface area contributed by atoms with Gasteiger partial charge >= 0.3 is 0 Å². The summed E-state index contributed by atoms with van der Waals surface area (Å²) >= 11 is 0. The van der Waals surface area contributed by atoms with Crippen molar-refractivity contribution in [2.75, 3.05) is 6.61 Å². The molecule has 6 unspecified atom stereocenters. The molecule has 0 aromatic rings. The highest BCUT2D eigenvalue weighted by atomic mass is 16.3. The van der Waals surface area contributed by atoms with Gasteiger partial charge in [0.25, 0.3) is 0 Å². The number of carbonyl (C=O) groups is 1.